The first-order valence-corrected chi connectivity index (χ1v) is 3.93. The van der Waals surface area contributed by atoms with Gasteiger partial charge < -0.3 is 14.9 Å². The minimum atomic E-state index is 0.124. The quantitative estimate of drug-likeness (QED) is 0.699. The third-order valence-corrected chi connectivity index (χ3v) is 1.70. The van der Waals surface area contributed by atoms with E-state index in [1.807, 2.05) is 0 Å². The van der Waals surface area contributed by atoms with Crippen molar-refractivity contribution in [2.45, 2.75) is 6.42 Å². The van der Waals surface area contributed by atoms with E-state index < -0.39 is 0 Å². The highest BCUT2D eigenvalue weighted by atomic mass is 16.5. The number of hydrogen-bond acceptors (Lipinski definition) is 3. The Morgan fingerprint density at radius 3 is 2.85 bits per heavy atom. The average Bonchev–Trinajstić information content (AvgIpc) is 2.16. The van der Waals surface area contributed by atoms with Crippen LogP contribution in [0.5, 0.6) is 11.5 Å². The van der Waals surface area contributed by atoms with Gasteiger partial charge >= 0.3 is 0 Å². The number of hydrogen-bond donors (Lipinski definition) is 2. The molecule has 0 unspecified atom stereocenters. The Morgan fingerprint density at radius 1 is 1.46 bits per heavy atom. The van der Waals surface area contributed by atoms with Crippen LogP contribution < -0.4 is 4.74 Å². The minimum absolute atomic E-state index is 0.124. The second-order valence-corrected chi connectivity index (χ2v) is 2.60. The first kappa shape index (κ1) is 9.45. The monoisotopic (exact) mass is 180 g/mol. The predicted molar refractivity (Wildman–Crippen MR) is 50.1 cm³/mol. The Hall–Kier alpha value is -1.64. The lowest BCUT2D eigenvalue weighted by Crippen LogP contribution is -1.86. The largest absolute Gasteiger partial charge is 0.516 e. The molecule has 0 saturated carbocycles. The Balaban J connectivity index is 2.86. The van der Waals surface area contributed by atoms with Crippen LogP contribution in [-0.4, -0.2) is 17.3 Å². The van der Waals surface area contributed by atoms with E-state index in [1.54, 1.807) is 24.3 Å². The van der Waals surface area contributed by atoms with E-state index in [2.05, 4.69) is 0 Å². The number of ether oxygens (including phenoxy) is 1. The summed E-state index contributed by atoms with van der Waals surface area (Å²) in [5.41, 5.74) is 0.972. The fourth-order valence-electron chi connectivity index (χ4n) is 1.04. The SMILES string of the molecule is COc1cc(C/C=C/O)ccc1O. The van der Waals surface area contributed by atoms with Gasteiger partial charge in [0.15, 0.2) is 11.5 Å². The predicted octanol–water partition coefficient (Wildman–Crippen LogP) is 2.02. The zero-order chi connectivity index (χ0) is 9.68. The summed E-state index contributed by atoms with van der Waals surface area (Å²) in [6, 6.07) is 5.08. The maximum Gasteiger partial charge on any atom is 0.160 e. The molecule has 70 valence electrons. The first-order chi connectivity index (χ1) is 6.27. The van der Waals surface area contributed by atoms with E-state index in [-0.39, 0.29) is 5.75 Å². The van der Waals surface area contributed by atoms with Gasteiger partial charge in [0.1, 0.15) is 0 Å². The van der Waals surface area contributed by atoms with Crippen LogP contribution in [-0.2, 0) is 6.42 Å². The summed E-state index contributed by atoms with van der Waals surface area (Å²) >= 11 is 0. The molecule has 0 bridgehead atoms. The third kappa shape index (κ3) is 2.40. The van der Waals surface area contributed by atoms with Crippen molar-refractivity contribution in [1.29, 1.82) is 0 Å². The van der Waals surface area contributed by atoms with Gasteiger partial charge in [-0.2, -0.15) is 0 Å². The number of allylic oxidation sites excluding steroid dienone is 1. The molecule has 0 radical (unpaired) electrons. The first-order valence-electron chi connectivity index (χ1n) is 3.93. The molecule has 0 aliphatic heterocycles. The molecule has 1 aromatic rings. The van der Waals surface area contributed by atoms with E-state index in [0.717, 1.165) is 11.8 Å². The summed E-state index contributed by atoms with van der Waals surface area (Å²) in [5.74, 6) is 0.572. The van der Waals surface area contributed by atoms with Crippen LogP contribution in [0.25, 0.3) is 0 Å². The Morgan fingerprint density at radius 2 is 2.23 bits per heavy atom. The van der Waals surface area contributed by atoms with Gasteiger partial charge in [0.2, 0.25) is 0 Å². The summed E-state index contributed by atoms with van der Waals surface area (Å²) in [4.78, 5) is 0. The average molecular weight is 180 g/mol. The highest BCUT2D eigenvalue weighted by Crippen LogP contribution is 2.26. The molecule has 0 heterocycles. The minimum Gasteiger partial charge on any atom is -0.516 e. The van der Waals surface area contributed by atoms with Crippen molar-refractivity contribution in [2.24, 2.45) is 0 Å². The zero-order valence-corrected chi connectivity index (χ0v) is 7.40. The van der Waals surface area contributed by atoms with E-state index in [9.17, 15) is 5.11 Å². The molecule has 0 aliphatic rings. The van der Waals surface area contributed by atoms with Crippen LogP contribution in [0.3, 0.4) is 0 Å². The molecule has 1 aromatic carbocycles. The summed E-state index contributed by atoms with van der Waals surface area (Å²) in [6.45, 7) is 0. The molecule has 3 heteroatoms. The molecule has 2 N–H and O–H groups in total. The van der Waals surface area contributed by atoms with Gasteiger partial charge in [-0.05, 0) is 30.2 Å². The lowest BCUT2D eigenvalue weighted by atomic mass is 10.1. The normalized spacial score (nSPS) is 10.5. The summed E-state index contributed by atoms with van der Waals surface area (Å²) in [7, 11) is 1.50. The second kappa shape index (κ2) is 4.40. The zero-order valence-electron chi connectivity index (χ0n) is 7.40. The highest BCUT2D eigenvalue weighted by Gasteiger charge is 2.00. The van der Waals surface area contributed by atoms with Crippen LogP contribution in [0.2, 0.25) is 0 Å². The van der Waals surface area contributed by atoms with Crippen LogP contribution in [0.15, 0.2) is 30.5 Å². The Bertz CT molecular complexity index is 305. The number of aliphatic hydroxyl groups is 1. The summed E-state index contributed by atoms with van der Waals surface area (Å²) < 4.78 is 4.93. The Kier molecular flexibility index (Phi) is 3.20. The number of rotatable bonds is 3. The maximum absolute atomic E-state index is 9.27. The molecule has 0 aromatic heterocycles. The van der Waals surface area contributed by atoms with Crippen molar-refractivity contribution < 1.29 is 14.9 Å². The smallest absolute Gasteiger partial charge is 0.160 e. The molecule has 0 fully saturated rings. The van der Waals surface area contributed by atoms with Gasteiger partial charge in [-0.15, -0.1) is 0 Å². The van der Waals surface area contributed by atoms with Crippen molar-refractivity contribution in [1.82, 2.24) is 0 Å². The molecular weight excluding hydrogens is 168 g/mol. The maximum atomic E-state index is 9.27. The molecule has 0 aliphatic carbocycles. The molecule has 13 heavy (non-hydrogen) atoms. The number of phenols is 1. The number of phenolic OH excluding ortho intramolecular Hbond substituents is 1. The fraction of sp³-hybridized carbons (Fsp3) is 0.200. The van der Waals surface area contributed by atoms with Gasteiger partial charge in [-0.25, -0.2) is 0 Å². The number of aliphatic hydroxyl groups excluding tert-OH is 1. The van der Waals surface area contributed by atoms with Crippen LogP contribution in [0, 0.1) is 0 Å². The van der Waals surface area contributed by atoms with Gasteiger partial charge in [0.25, 0.3) is 0 Å². The van der Waals surface area contributed by atoms with Gasteiger partial charge in [0, 0.05) is 0 Å². The van der Waals surface area contributed by atoms with Crippen LogP contribution in [0.1, 0.15) is 5.56 Å². The van der Waals surface area contributed by atoms with E-state index in [4.69, 9.17) is 9.84 Å². The molecule has 1 rings (SSSR count). The van der Waals surface area contributed by atoms with Gasteiger partial charge in [-0.3, -0.25) is 0 Å². The van der Waals surface area contributed by atoms with Crippen molar-refractivity contribution in [2.75, 3.05) is 7.11 Å². The van der Waals surface area contributed by atoms with Crippen molar-refractivity contribution in [3.05, 3.63) is 36.1 Å². The number of aromatic hydroxyl groups is 1. The topological polar surface area (TPSA) is 49.7 Å². The van der Waals surface area contributed by atoms with Gasteiger partial charge in [-0.1, -0.05) is 6.07 Å². The number of methoxy groups -OCH3 is 1. The molecule has 0 amide bonds. The fourth-order valence-corrected chi connectivity index (χ4v) is 1.04. The standard InChI is InChI=1S/C10H12O3/c1-13-10-7-8(3-2-6-11)4-5-9(10)12/h2,4-7,11-12H,3H2,1H3/b6-2+. The number of benzene rings is 1. The van der Waals surface area contributed by atoms with E-state index >= 15 is 0 Å². The highest BCUT2D eigenvalue weighted by molar-refractivity contribution is 5.42. The molecule has 0 saturated heterocycles. The molecule has 3 nitrogen and oxygen atoms in total. The molecule has 0 spiro atoms. The van der Waals surface area contributed by atoms with E-state index in [1.165, 1.54) is 7.11 Å². The van der Waals surface area contributed by atoms with Crippen LogP contribution in [0.4, 0.5) is 0 Å². The van der Waals surface area contributed by atoms with E-state index in [0.29, 0.717) is 12.2 Å². The lowest BCUT2D eigenvalue weighted by molar-refractivity contribution is 0.373. The lowest BCUT2D eigenvalue weighted by Gasteiger charge is -2.04. The van der Waals surface area contributed by atoms with Crippen molar-refractivity contribution in [3.8, 4) is 11.5 Å². The second-order valence-electron chi connectivity index (χ2n) is 2.60. The summed E-state index contributed by atoms with van der Waals surface area (Å²) in [5, 5.41) is 17.7. The van der Waals surface area contributed by atoms with Crippen LogP contribution >= 0.6 is 0 Å². The molecule has 0 atom stereocenters. The Labute approximate surface area is 76.9 Å². The third-order valence-electron chi connectivity index (χ3n) is 1.70. The van der Waals surface area contributed by atoms with Crippen molar-refractivity contribution in [3.63, 3.8) is 0 Å². The van der Waals surface area contributed by atoms with Gasteiger partial charge in [0.05, 0.1) is 13.4 Å². The summed E-state index contributed by atoms with van der Waals surface area (Å²) in [6.07, 6.45) is 3.23. The molecular formula is C10H12O3. The van der Waals surface area contributed by atoms with Crippen molar-refractivity contribution >= 4 is 0 Å².